The molecule has 0 aliphatic rings. The van der Waals surface area contributed by atoms with Crippen LogP contribution < -0.4 is 0 Å². The second kappa shape index (κ2) is 6.21. The Bertz CT molecular complexity index is 563. The van der Waals surface area contributed by atoms with Crippen LogP contribution in [-0.4, -0.2) is 0 Å². The molecule has 0 saturated carbocycles. The summed E-state index contributed by atoms with van der Waals surface area (Å²) in [6, 6.07) is 13.0. The molecule has 2 rings (SSSR count). The van der Waals surface area contributed by atoms with Gasteiger partial charge in [0, 0.05) is 5.56 Å². The molecule has 0 saturated heterocycles. The average Bonchev–Trinajstić information content (AvgIpc) is 2.46. The SMILES string of the molecule is CCc1ccc(CC)c(C(Cl)c2ccccc2F)c1. The molecular formula is C17H18ClF. The standard InChI is InChI=1S/C17H18ClF/c1-3-12-9-10-13(4-2)15(11-12)17(18)14-7-5-6-8-16(14)19/h5-11,17H,3-4H2,1-2H3. The molecule has 0 radical (unpaired) electrons. The van der Waals surface area contributed by atoms with Crippen molar-refractivity contribution >= 4 is 11.6 Å². The number of alkyl halides is 1. The maximum atomic E-state index is 13.9. The molecule has 0 aromatic heterocycles. The predicted octanol–water partition coefficient (Wildman–Crippen LogP) is 5.28. The van der Waals surface area contributed by atoms with Crippen molar-refractivity contribution in [1.82, 2.24) is 0 Å². The van der Waals surface area contributed by atoms with E-state index >= 15 is 0 Å². The Labute approximate surface area is 119 Å². The van der Waals surface area contributed by atoms with Gasteiger partial charge in [-0.05, 0) is 35.6 Å². The van der Waals surface area contributed by atoms with Crippen LogP contribution in [0.4, 0.5) is 4.39 Å². The third-order valence-corrected chi connectivity index (χ3v) is 3.92. The fourth-order valence-electron chi connectivity index (χ4n) is 2.27. The predicted molar refractivity (Wildman–Crippen MR) is 79.3 cm³/mol. The molecule has 1 unspecified atom stereocenters. The fourth-order valence-corrected chi connectivity index (χ4v) is 2.65. The summed E-state index contributed by atoms with van der Waals surface area (Å²) < 4.78 is 13.9. The minimum atomic E-state index is -0.428. The van der Waals surface area contributed by atoms with E-state index in [1.54, 1.807) is 12.1 Å². The first-order valence-electron chi connectivity index (χ1n) is 6.67. The Hall–Kier alpha value is -1.34. The molecule has 1 atom stereocenters. The maximum absolute atomic E-state index is 13.9. The van der Waals surface area contributed by atoms with Crippen LogP contribution in [0.15, 0.2) is 42.5 Å². The first-order valence-corrected chi connectivity index (χ1v) is 7.11. The van der Waals surface area contributed by atoms with E-state index in [2.05, 4.69) is 32.0 Å². The molecule has 0 fully saturated rings. The number of hydrogen-bond donors (Lipinski definition) is 0. The van der Waals surface area contributed by atoms with Crippen molar-refractivity contribution in [3.05, 3.63) is 70.5 Å². The van der Waals surface area contributed by atoms with Gasteiger partial charge in [0.25, 0.3) is 0 Å². The van der Waals surface area contributed by atoms with Gasteiger partial charge in [0.1, 0.15) is 5.82 Å². The van der Waals surface area contributed by atoms with Crippen LogP contribution >= 0.6 is 11.6 Å². The number of halogens is 2. The molecule has 0 nitrogen and oxygen atoms in total. The van der Waals surface area contributed by atoms with Gasteiger partial charge in [-0.25, -0.2) is 4.39 Å². The Morgan fingerprint density at radius 1 is 1.00 bits per heavy atom. The van der Waals surface area contributed by atoms with Crippen LogP contribution in [-0.2, 0) is 12.8 Å². The molecule has 100 valence electrons. The quantitative estimate of drug-likeness (QED) is 0.667. The summed E-state index contributed by atoms with van der Waals surface area (Å²) in [5.74, 6) is -0.244. The van der Waals surface area contributed by atoms with Crippen molar-refractivity contribution in [2.24, 2.45) is 0 Å². The van der Waals surface area contributed by atoms with E-state index in [1.807, 2.05) is 6.07 Å². The van der Waals surface area contributed by atoms with Crippen LogP contribution in [0, 0.1) is 5.82 Å². The van der Waals surface area contributed by atoms with Gasteiger partial charge < -0.3 is 0 Å². The largest absolute Gasteiger partial charge is 0.207 e. The Kier molecular flexibility index (Phi) is 4.60. The highest BCUT2D eigenvalue weighted by atomic mass is 35.5. The first kappa shape index (κ1) is 14.1. The Morgan fingerprint density at radius 2 is 1.74 bits per heavy atom. The Balaban J connectivity index is 2.48. The van der Waals surface area contributed by atoms with E-state index in [-0.39, 0.29) is 5.82 Å². The van der Waals surface area contributed by atoms with E-state index in [1.165, 1.54) is 17.2 Å². The minimum Gasteiger partial charge on any atom is -0.207 e. The lowest BCUT2D eigenvalue weighted by Gasteiger charge is -2.16. The van der Waals surface area contributed by atoms with E-state index in [0.717, 1.165) is 18.4 Å². The molecule has 0 heterocycles. The maximum Gasteiger partial charge on any atom is 0.128 e. The topological polar surface area (TPSA) is 0 Å². The third kappa shape index (κ3) is 2.98. The van der Waals surface area contributed by atoms with Gasteiger partial charge in [0.2, 0.25) is 0 Å². The summed E-state index contributed by atoms with van der Waals surface area (Å²) in [7, 11) is 0. The van der Waals surface area contributed by atoms with E-state index < -0.39 is 5.38 Å². The van der Waals surface area contributed by atoms with E-state index in [4.69, 9.17) is 11.6 Å². The number of aryl methyl sites for hydroxylation is 2. The molecule has 2 aromatic rings. The van der Waals surface area contributed by atoms with Crippen LogP contribution in [0.3, 0.4) is 0 Å². The second-order valence-corrected chi connectivity index (χ2v) is 5.06. The van der Waals surface area contributed by atoms with Crippen molar-refractivity contribution in [2.75, 3.05) is 0 Å². The molecule has 19 heavy (non-hydrogen) atoms. The summed E-state index contributed by atoms with van der Waals surface area (Å²) in [6.45, 7) is 4.20. The lowest BCUT2D eigenvalue weighted by atomic mass is 9.95. The molecule has 0 aliphatic heterocycles. The summed E-state index contributed by atoms with van der Waals surface area (Å²) in [5.41, 5.74) is 3.98. The molecule has 2 heteroatoms. The third-order valence-electron chi connectivity index (χ3n) is 3.45. The van der Waals surface area contributed by atoms with Gasteiger partial charge in [-0.1, -0.05) is 50.2 Å². The molecule has 0 amide bonds. The lowest BCUT2D eigenvalue weighted by molar-refractivity contribution is 0.612. The number of benzene rings is 2. The van der Waals surface area contributed by atoms with Crippen LogP contribution in [0.25, 0.3) is 0 Å². The van der Waals surface area contributed by atoms with Gasteiger partial charge in [-0.3, -0.25) is 0 Å². The minimum absolute atomic E-state index is 0.244. The highest BCUT2D eigenvalue weighted by Crippen LogP contribution is 2.33. The Morgan fingerprint density at radius 3 is 2.37 bits per heavy atom. The van der Waals surface area contributed by atoms with Crippen molar-refractivity contribution in [3.63, 3.8) is 0 Å². The van der Waals surface area contributed by atoms with Gasteiger partial charge >= 0.3 is 0 Å². The average molecular weight is 277 g/mol. The van der Waals surface area contributed by atoms with Gasteiger partial charge in [0.05, 0.1) is 5.38 Å². The zero-order valence-electron chi connectivity index (χ0n) is 11.3. The summed E-state index contributed by atoms with van der Waals surface area (Å²) in [6.07, 6.45) is 1.86. The van der Waals surface area contributed by atoms with Gasteiger partial charge in [0.15, 0.2) is 0 Å². The van der Waals surface area contributed by atoms with Crippen LogP contribution in [0.5, 0.6) is 0 Å². The van der Waals surface area contributed by atoms with Crippen LogP contribution in [0.2, 0.25) is 0 Å². The fraction of sp³-hybridized carbons (Fsp3) is 0.294. The molecule has 2 aromatic carbocycles. The molecule has 0 N–H and O–H groups in total. The highest BCUT2D eigenvalue weighted by molar-refractivity contribution is 6.22. The summed E-state index contributed by atoms with van der Waals surface area (Å²) >= 11 is 6.51. The van der Waals surface area contributed by atoms with Crippen molar-refractivity contribution in [1.29, 1.82) is 0 Å². The second-order valence-electron chi connectivity index (χ2n) is 4.62. The molecule has 0 bridgehead atoms. The first-order chi connectivity index (χ1) is 9.17. The lowest BCUT2D eigenvalue weighted by Crippen LogP contribution is -2.02. The van der Waals surface area contributed by atoms with Gasteiger partial charge in [-0.15, -0.1) is 11.6 Å². The van der Waals surface area contributed by atoms with E-state index in [0.29, 0.717) is 5.56 Å². The normalized spacial score (nSPS) is 12.4. The summed E-state index contributed by atoms with van der Waals surface area (Å²) in [4.78, 5) is 0. The van der Waals surface area contributed by atoms with E-state index in [9.17, 15) is 4.39 Å². The number of hydrogen-bond acceptors (Lipinski definition) is 0. The van der Waals surface area contributed by atoms with Crippen molar-refractivity contribution in [3.8, 4) is 0 Å². The number of rotatable bonds is 4. The summed E-state index contributed by atoms with van der Waals surface area (Å²) in [5, 5.41) is -0.428. The molecule has 0 aliphatic carbocycles. The van der Waals surface area contributed by atoms with Gasteiger partial charge in [-0.2, -0.15) is 0 Å². The van der Waals surface area contributed by atoms with Crippen LogP contribution in [0.1, 0.15) is 41.5 Å². The van der Waals surface area contributed by atoms with Crippen molar-refractivity contribution < 1.29 is 4.39 Å². The highest BCUT2D eigenvalue weighted by Gasteiger charge is 2.17. The zero-order valence-corrected chi connectivity index (χ0v) is 12.0. The monoisotopic (exact) mass is 276 g/mol. The molecular weight excluding hydrogens is 259 g/mol. The molecule has 0 spiro atoms. The zero-order chi connectivity index (χ0) is 13.8. The van der Waals surface area contributed by atoms with Crippen molar-refractivity contribution in [2.45, 2.75) is 32.1 Å². The smallest absolute Gasteiger partial charge is 0.128 e.